The molecule has 1 heterocycles. The normalized spacial score (nSPS) is 10.4. The minimum Gasteiger partial charge on any atom is -0.436 e. The molecule has 0 N–H and O–H groups in total. The highest BCUT2D eigenvalue weighted by atomic mass is 16.3. The zero-order valence-electron chi connectivity index (χ0n) is 9.63. The molecule has 1 aromatic heterocycles. The highest BCUT2D eigenvalue weighted by molar-refractivity contribution is 5.75. The number of para-hydroxylation sites is 2. The number of hydrogen-bond acceptors (Lipinski definition) is 3. The van der Waals surface area contributed by atoms with Crippen LogP contribution in [-0.4, -0.2) is 4.98 Å². The Kier molecular flexibility index (Phi) is 2.54. The van der Waals surface area contributed by atoms with Gasteiger partial charge >= 0.3 is 0 Å². The van der Waals surface area contributed by atoms with E-state index in [1.165, 1.54) is 0 Å². The SMILES string of the molecule is N#CCc1ccc(-c2nc3ccccc3o2)cc1. The van der Waals surface area contributed by atoms with Gasteiger partial charge in [-0.25, -0.2) is 4.98 Å². The first-order valence-electron chi connectivity index (χ1n) is 5.68. The van der Waals surface area contributed by atoms with Crippen molar-refractivity contribution < 1.29 is 4.42 Å². The van der Waals surface area contributed by atoms with Gasteiger partial charge in [0.2, 0.25) is 5.89 Å². The van der Waals surface area contributed by atoms with Crippen LogP contribution in [0.2, 0.25) is 0 Å². The third-order valence-corrected chi connectivity index (χ3v) is 2.78. The molecule has 0 saturated carbocycles. The molecule has 0 saturated heterocycles. The molecule has 86 valence electrons. The van der Waals surface area contributed by atoms with Gasteiger partial charge in [0, 0.05) is 5.56 Å². The lowest BCUT2D eigenvalue weighted by molar-refractivity contribution is 0.620. The van der Waals surface area contributed by atoms with Crippen molar-refractivity contribution in [3.63, 3.8) is 0 Å². The number of benzene rings is 2. The first-order chi connectivity index (χ1) is 8.86. The minimum absolute atomic E-state index is 0.424. The maximum absolute atomic E-state index is 8.62. The van der Waals surface area contributed by atoms with E-state index in [2.05, 4.69) is 11.1 Å². The Morgan fingerprint density at radius 1 is 1.06 bits per heavy atom. The molecule has 3 rings (SSSR count). The first-order valence-corrected chi connectivity index (χ1v) is 5.68. The second kappa shape index (κ2) is 4.34. The summed E-state index contributed by atoms with van der Waals surface area (Å²) in [4.78, 5) is 4.43. The summed E-state index contributed by atoms with van der Waals surface area (Å²) in [6, 6.07) is 17.5. The van der Waals surface area contributed by atoms with Gasteiger partial charge in [-0.3, -0.25) is 0 Å². The molecule has 18 heavy (non-hydrogen) atoms. The lowest BCUT2D eigenvalue weighted by Gasteiger charge is -1.96. The maximum Gasteiger partial charge on any atom is 0.227 e. The Hall–Kier alpha value is -2.60. The highest BCUT2D eigenvalue weighted by Gasteiger charge is 2.07. The number of rotatable bonds is 2. The van der Waals surface area contributed by atoms with E-state index >= 15 is 0 Å². The van der Waals surface area contributed by atoms with Crippen LogP contribution in [0.1, 0.15) is 5.56 Å². The smallest absolute Gasteiger partial charge is 0.227 e. The lowest BCUT2D eigenvalue weighted by Crippen LogP contribution is -1.82. The highest BCUT2D eigenvalue weighted by Crippen LogP contribution is 2.24. The average molecular weight is 234 g/mol. The van der Waals surface area contributed by atoms with Crippen molar-refractivity contribution in [1.29, 1.82) is 5.26 Å². The molecule has 0 atom stereocenters. The van der Waals surface area contributed by atoms with Crippen LogP contribution in [0.25, 0.3) is 22.6 Å². The molecule has 3 nitrogen and oxygen atoms in total. The summed E-state index contributed by atoms with van der Waals surface area (Å²) in [6.45, 7) is 0. The van der Waals surface area contributed by atoms with E-state index in [4.69, 9.17) is 9.68 Å². The lowest BCUT2D eigenvalue weighted by atomic mass is 10.1. The summed E-state index contributed by atoms with van der Waals surface area (Å²) < 4.78 is 5.68. The van der Waals surface area contributed by atoms with Crippen molar-refractivity contribution >= 4 is 11.1 Å². The fraction of sp³-hybridized carbons (Fsp3) is 0.0667. The number of nitriles is 1. The van der Waals surface area contributed by atoms with Crippen molar-refractivity contribution in [2.24, 2.45) is 0 Å². The van der Waals surface area contributed by atoms with E-state index in [-0.39, 0.29) is 0 Å². The van der Waals surface area contributed by atoms with Gasteiger partial charge < -0.3 is 4.42 Å². The molecule has 0 fully saturated rings. The predicted molar refractivity (Wildman–Crippen MR) is 68.8 cm³/mol. The third-order valence-electron chi connectivity index (χ3n) is 2.78. The summed E-state index contributed by atoms with van der Waals surface area (Å²) in [7, 11) is 0. The monoisotopic (exact) mass is 234 g/mol. The fourth-order valence-corrected chi connectivity index (χ4v) is 1.85. The molecule has 0 aliphatic carbocycles. The molecule has 3 aromatic rings. The topological polar surface area (TPSA) is 49.8 Å². The fourth-order valence-electron chi connectivity index (χ4n) is 1.85. The van der Waals surface area contributed by atoms with Crippen LogP contribution >= 0.6 is 0 Å². The van der Waals surface area contributed by atoms with Crippen molar-refractivity contribution in [2.75, 3.05) is 0 Å². The van der Waals surface area contributed by atoms with Gasteiger partial charge in [-0.1, -0.05) is 24.3 Å². The second-order valence-corrected chi connectivity index (χ2v) is 4.02. The van der Waals surface area contributed by atoms with E-state index < -0.39 is 0 Å². The number of hydrogen-bond donors (Lipinski definition) is 0. The first kappa shape index (κ1) is 10.5. The van der Waals surface area contributed by atoms with Crippen LogP contribution in [0.5, 0.6) is 0 Å². The molecular weight excluding hydrogens is 224 g/mol. The number of nitrogens with zero attached hydrogens (tertiary/aromatic N) is 2. The zero-order valence-corrected chi connectivity index (χ0v) is 9.63. The average Bonchev–Trinajstić information content (AvgIpc) is 2.84. The van der Waals surface area contributed by atoms with E-state index in [1.54, 1.807) is 0 Å². The van der Waals surface area contributed by atoms with Crippen LogP contribution in [0.15, 0.2) is 52.9 Å². The number of aromatic nitrogens is 1. The Morgan fingerprint density at radius 2 is 1.83 bits per heavy atom. The standard InChI is InChI=1S/C15H10N2O/c16-10-9-11-5-7-12(8-6-11)15-17-13-3-1-2-4-14(13)18-15/h1-8H,9H2. The Bertz CT molecular complexity index is 687. The van der Waals surface area contributed by atoms with Crippen LogP contribution in [0.3, 0.4) is 0 Å². The summed E-state index contributed by atoms with van der Waals surface area (Å²) in [5.41, 5.74) is 3.56. The summed E-state index contributed by atoms with van der Waals surface area (Å²) in [5.74, 6) is 0.611. The quantitative estimate of drug-likeness (QED) is 0.681. The molecule has 0 spiro atoms. The van der Waals surface area contributed by atoms with E-state index in [0.29, 0.717) is 12.3 Å². The van der Waals surface area contributed by atoms with E-state index in [0.717, 1.165) is 22.2 Å². The van der Waals surface area contributed by atoms with Crippen molar-refractivity contribution in [3.8, 4) is 17.5 Å². The van der Waals surface area contributed by atoms with Gasteiger partial charge in [0.25, 0.3) is 0 Å². The minimum atomic E-state index is 0.424. The maximum atomic E-state index is 8.62. The van der Waals surface area contributed by atoms with Gasteiger partial charge in [0.15, 0.2) is 5.58 Å². The van der Waals surface area contributed by atoms with Gasteiger partial charge in [0.1, 0.15) is 5.52 Å². The number of fused-ring (bicyclic) bond motifs is 1. The van der Waals surface area contributed by atoms with Gasteiger partial charge in [-0.05, 0) is 29.8 Å². The van der Waals surface area contributed by atoms with Crippen LogP contribution < -0.4 is 0 Å². The van der Waals surface area contributed by atoms with Gasteiger partial charge in [0.05, 0.1) is 12.5 Å². The Labute approximate surface area is 104 Å². The molecule has 0 bridgehead atoms. The van der Waals surface area contributed by atoms with Crippen LogP contribution in [-0.2, 0) is 6.42 Å². The summed E-state index contributed by atoms with van der Waals surface area (Å²) in [6.07, 6.45) is 0.424. The van der Waals surface area contributed by atoms with Crippen LogP contribution in [0, 0.1) is 11.3 Å². The van der Waals surface area contributed by atoms with E-state index in [9.17, 15) is 0 Å². The molecule has 0 unspecified atom stereocenters. The van der Waals surface area contributed by atoms with Gasteiger partial charge in [-0.2, -0.15) is 5.26 Å². The van der Waals surface area contributed by atoms with Crippen molar-refractivity contribution in [1.82, 2.24) is 4.98 Å². The Balaban J connectivity index is 2.01. The molecule has 0 radical (unpaired) electrons. The number of oxazole rings is 1. The summed E-state index contributed by atoms with van der Waals surface area (Å²) in [5, 5.41) is 8.62. The Morgan fingerprint density at radius 3 is 2.56 bits per heavy atom. The molecule has 0 amide bonds. The molecule has 2 aromatic carbocycles. The van der Waals surface area contributed by atoms with Crippen molar-refractivity contribution in [2.45, 2.75) is 6.42 Å². The van der Waals surface area contributed by atoms with Crippen LogP contribution in [0.4, 0.5) is 0 Å². The van der Waals surface area contributed by atoms with E-state index in [1.807, 2.05) is 48.5 Å². The molecule has 0 aliphatic rings. The van der Waals surface area contributed by atoms with Gasteiger partial charge in [-0.15, -0.1) is 0 Å². The molecule has 3 heteroatoms. The second-order valence-electron chi connectivity index (χ2n) is 4.02. The summed E-state index contributed by atoms with van der Waals surface area (Å²) >= 11 is 0. The largest absolute Gasteiger partial charge is 0.436 e. The third kappa shape index (κ3) is 1.85. The van der Waals surface area contributed by atoms with Crippen molar-refractivity contribution in [3.05, 3.63) is 54.1 Å². The zero-order chi connectivity index (χ0) is 12.4. The predicted octanol–water partition coefficient (Wildman–Crippen LogP) is 3.56. The molecular formula is C15H10N2O. The molecule has 0 aliphatic heterocycles.